The Hall–Kier alpha value is -3.19. The normalized spacial score (nSPS) is 10.5. The molecule has 0 aliphatic carbocycles. The van der Waals surface area contributed by atoms with Gasteiger partial charge in [-0.2, -0.15) is 0 Å². The number of nitrogens with one attached hydrogen (secondary N) is 1. The number of carboxylic acid groups (broad SMARTS) is 1. The number of ketones is 1. The number of rotatable bonds is 6. The fourth-order valence-electron chi connectivity index (χ4n) is 2.61. The van der Waals surface area contributed by atoms with E-state index in [0.717, 1.165) is 11.3 Å². The van der Waals surface area contributed by atoms with Gasteiger partial charge in [-0.15, -0.1) is 11.3 Å². The number of carbonyl (C=O) groups excluding carboxylic acids is 1. The third-order valence-electron chi connectivity index (χ3n) is 4.02. The maximum atomic E-state index is 13.1. The zero-order chi connectivity index (χ0) is 19.6. The molecule has 0 fully saturated rings. The summed E-state index contributed by atoms with van der Waals surface area (Å²) < 4.78 is 18.2. The minimum absolute atomic E-state index is 0.0289. The molecule has 5 nitrogen and oxygen atoms in total. The van der Waals surface area contributed by atoms with E-state index in [1.54, 1.807) is 31.2 Å². The Morgan fingerprint density at radius 2 is 1.70 bits per heavy atom. The Kier molecular flexibility index (Phi) is 5.23. The van der Waals surface area contributed by atoms with Crippen LogP contribution in [0, 0.1) is 12.7 Å². The standard InChI is InChI=1S/C20H16FNO4S/c1-11-16(20(24)25)19(22-14-7-5-13(21)6-8-14)27-18(11)17(23)12-3-9-15(26-2)10-4-12/h3-10,22H,1-2H3,(H,24,25). The van der Waals surface area contributed by atoms with Crippen LogP contribution >= 0.6 is 11.3 Å². The number of aromatic carboxylic acids is 1. The van der Waals surface area contributed by atoms with Crippen LogP contribution < -0.4 is 10.1 Å². The molecule has 3 rings (SSSR count). The molecule has 0 aliphatic heterocycles. The van der Waals surface area contributed by atoms with Crippen LogP contribution in [0.3, 0.4) is 0 Å². The molecule has 3 aromatic rings. The number of hydrogen-bond acceptors (Lipinski definition) is 5. The first kappa shape index (κ1) is 18.6. The lowest BCUT2D eigenvalue weighted by Crippen LogP contribution is -2.04. The van der Waals surface area contributed by atoms with Crippen molar-refractivity contribution < 1.29 is 23.8 Å². The lowest BCUT2D eigenvalue weighted by molar-refractivity contribution is 0.0697. The average molecular weight is 385 g/mol. The number of thiophene rings is 1. The molecule has 1 heterocycles. The Morgan fingerprint density at radius 1 is 1.07 bits per heavy atom. The SMILES string of the molecule is COc1ccc(C(=O)c2sc(Nc3ccc(F)cc3)c(C(=O)O)c2C)cc1. The Labute approximate surface area is 159 Å². The Balaban J connectivity index is 1.99. The summed E-state index contributed by atoms with van der Waals surface area (Å²) in [6.07, 6.45) is 0. The smallest absolute Gasteiger partial charge is 0.339 e. The molecule has 0 saturated heterocycles. The monoisotopic (exact) mass is 385 g/mol. The van der Waals surface area contributed by atoms with Gasteiger partial charge in [-0.1, -0.05) is 0 Å². The summed E-state index contributed by atoms with van der Waals surface area (Å²) in [5, 5.41) is 12.9. The molecule has 27 heavy (non-hydrogen) atoms. The maximum absolute atomic E-state index is 13.1. The topological polar surface area (TPSA) is 75.6 Å². The van der Waals surface area contributed by atoms with Crippen LogP contribution in [-0.4, -0.2) is 24.0 Å². The van der Waals surface area contributed by atoms with Crippen LogP contribution in [0.15, 0.2) is 48.5 Å². The van der Waals surface area contributed by atoms with Crippen molar-refractivity contribution in [3.05, 3.63) is 75.9 Å². The van der Waals surface area contributed by atoms with Crippen molar-refractivity contribution in [3.63, 3.8) is 0 Å². The van der Waals surface area contributed by atoms with Crippen molar-refractivity contribution in [3.8, 4) is 5.75 Å². The van der Waals surface area contributed by atoms with Crippen molar-refractivity contribution in [1.29, 1.82) is 0 Å². The molecule has 0 atom stereocenters. The second kappa shape index (κ2) is 7.59. The predicted molar refractivity (Wildman–Crippen MR) is 102 cm³/mol. The summed E-state index contributed by atoms with van der Waals surface area (Å²) >= 11 is 1.06. The van der Waals surface area contributed by atoms with E-state index in [1.807, 2.05) is 0 Å². The molecule has 7 heteroatoms. The number of methoxy groups -OCH3 is 1. The minimum atomic E-state index is -1.14. The molecule has 0 saturated carbocycles. The van der Waals surface area contributed by atoms with Crippen molar-refractivity contribution in [2.24, 2.45) is 0 Å². The summed E-state index contributed by atoms with van der Waals surface area (Å²) in [5.74, 6) is -1.17. The van der Waals surface area contributed by atoms with Gasteiger partial charge in [-0.3, -0.25) is 4.79 Å². The van der Waals surface area contributed by atoms with E-state index in [4.69, 9.17) is 4.74 Å². The van der Waals surface area contributed by atoms with E-state index in [0.29, 0.717) is 32.4 Å². The number of hydrogen-bond donors (Lipinski definition) is 2. The predicted octanol–water partition coefficient (Wildman–Crippen LogP) is 4.88. The van der Waals surface area contributed by atoms with Crippen LogP contribution in [0.25, 0.3) is 0 Å². The van der Waals surface area contributed by atoms with E-state index < -0.39 is 11.8 Å². The van der Waals surface area contributed by atoms with Crippen molar-refractivity contribution in [1.82, 2.24) is 0 Å². The Morgan fingerprint density at radius 3 is 2.26 bits per heavy atom. The molecule has 1 aromatic heterocycles. The molecule has 0 radical (unpaired) electrons. The molecular formula is C20H16FNO4S. The van der Waals surface area contributed by atoms with E-state index in [1.165, 1.54) is 31.4 Å². The van der Waals surface area contributed by atoms with Crippen molar-refractivity contribution >= 4 is 33.8 Å². The van der Waals surface area contributed by atoms with Gasteiger partial charge in [0.25, 0.3) is 0 Å². The zero-order valence-corrected chi connectivity index (χ0v) is 15.4. The first-order chi connectivity index (χ1) is 12.9. The highest BCUT2D eigenvalue weighted by Crippen LogP contribution is 2.36. The first-order valence-corrected chi connectivity index (χ1v) is 8.80. The molecule has 0 unspecified atom stereocenters. The molecule has 2 N–H and O–H groups in total. The quantitative estimate of drug-likeness (QED) is 0.592. The summed E-state index contributed by atoms with van der Waals surface area (Å²) in [4.78, 5) is 24.9. The fraction of sp³-hybridized carbons (Fsp3) is 0.100. The molecular weight excluding hydrogens is 369 g/mol. The maximum Gasteiger partial charge on any atom is 0.339 e. The summed E-state index contributed by atoms with van der Waals surface area (Å²) in [5.41, 5.74) is 1.38. The van der Waals surface area contributed by atoms with Crippen LogP contribution in [0.5, 0.6) is 5.75 Å². The largest absolute Gasteiger partial charge is 0.497 e. The van der Waals surface area contributed by atoms with E-state index >= 15 is 0 Å². The van der Waals surface area contributed by atoms with Gasteiger partial charge in [0, 0.05) is 11.3 Å². The molecule has 0 spiro atoms. The van der Waals surface area contributed by atoms with Gasteiger partial charge >= 0.3 is 5.97 Å². The van der Waals surface area contributed by atoms with Crippen LogP contribution in [0.2, 0.25) is 0 Å². The third kappa shape index (κ3) is 3.83. The van der Waals surface area contributed by atoms with Crippen LogP contribution in [0.4, 0.5) is 15.1 Å². The van der Waals surface area contributed by atoms with Gasteiger partial charge < -0.3 is 15.2 Å². The summed E-state index contributed by atoms with van der Waals surface area (Å²) in [6.45, 7) is 1.60. The van der Waals surface area contributed by atoms with Gasteiger partial charge in [0.15, 0.2) is 0 Å². The van der Waals surface area contributed by atoms with E-state index in [9.17, 15) is 19.1 Å². The second-order valence-corrected chi connectivity index (χ2v) is 6.78. The highest BCUT2D eigenvalue weighted by atomic mass is 32.1. The summed E-state index contributed by atoms with van der Waals surface area (Å²) in [7, 11) is 1.53. The fourth-order valence-corrected chi connectivity index (χ4v) is 3.79. The van der Waals surface area contributed by atoms with Crippen LogP contribution in [0.1, 0.15) is 31.2 Å². The van der Waals surface area contributed by atoms with Gasteiger partial charge in [0.1, 0.15) is 16.6 Å². The number of ether oxygens (including phenoxy) is 1. The molecule has 0 bridgehead atoms. The molecule has 2 aromatic carbocycles. The molecule has 138 valence electrons. The third-order valence-corrected chi connectivity index (χ3v) is 5.23. The minimum Gasteiger partial charge on any atom is -0.497 e. The van der Waals surface area contributed by atoms with E-state index in [2.05, 4.69) is 5.32 Å². The lowest BCUT2D eigenvalue weighted by atomic mass is 10.0. The van der Waals surface area contributed by atoms with Gasteiger partial charge in [-0.25, -0.2) is 9.18 Å². The Bertz CT molecular complexity index is 994. The lowest BCUT2D eigenvalue weighted by Gasteiger charge is -2.05. The number of carboxylic acids is 1. The number of anilines is 2. The number of benzene rings is 2. The zero-order valence-electron chi connectivity index (χ0n) is 14.6. The summed E-state index contributed by atoms with van der Waals surface area (Å²) in [6, 6.07) is 12.2. The highest BCUT2D eigenvalue weighted by molar-refractivity contribution is 7.18. The number of halogens is 1. The van der Waals surface area contributed by atoms with Gasteiger partial charge in [-0.05, 0) is 61.0 Å². The van der Waals surface area contributed by atoms with E-state index in [-0.39, 0.29) is 11.3 Å². The molecule has 0 amide bonds. The highest BCUT2D eigenvalue weighted by Gasteiger charge is 2.25. The number of carbonyl (C=O) groups is 2. The first-order valence-electron chi connectivity index (χ1n) is 7.98. The average Bonchev–Trinajstić information content (AvgIpc) is 2.99. The second-order valence-electron chi connectivity index (χ2n) is 5.75. The van der Waals surface area contributed by atoms with Crippen molar-refractivity contribution in [2.45, 2.75) is 6.92 Å². The van der Waals surface area contributed by atoms with Crippen molar-refractivity contribution in [2.75, 3.05) is 12.4 Å². The molecule has 0 aliphatic rings. The van der Waals surface area contributed by atoms with Gasteiger partial charge in [0.05, 0.1) is 17.6 Å². The van der Waals surface area contributed by atoms with Gasteiger partial charge in [0.2, 0.25) is 5.78 Å². The van der Waals surface area contributed by atoms with Crippen LogP contribution in [-0.2, 0) is 0 Å².